The molecule has 2 rings (SSSR count). The van der Waals surface area contributed by atoms with E-state index in [4.69, 9.17) is 10.5 Å². The molecule has 230 valence electrons. The van der Waals surface area contributed by atoms with E-state index in [0.717, 1.165) is 12.0 Å². The fraction of sp³-hybridized carbons (Fsp3) is 0.500. The van der Waals surface area contributed by atoms with Crippen LogP contribution >= 0.6 is 0 Å². The highest BCUT2D eigenvalue weighted by molar-refractivity contribution is 5.95. The second-order valence-corrected chi connectivity index (χ2v) is 12.1. The van der Waals surface area contributed by atoms with E-state index in [2.05, 4.69) is 24.5 Å². The summed E-state index contributed by atoms with van der Waals surface area (Å²) in [5.41, 5.74) is 6.23. The molecule has 0 spiro atoms. The van der Waals surface area contributed by atoms with Crippen LogP contribution in [-0.2, 0) is 25.7 Å². The number of alkyl carbamates (subject to hydrolysis) is 1. The lowest BCUT2D eigenvalue weighted by molar-refractivity contribution is -0.146. The van der Waals surface area contributed by atoms with Crippen LogP contribution in [0.2, 0.25) is 0 Å². The Kier molecular flexibility index (Phi) is 12.4. The number of nitrogens with zero attached hydrogens (tertiary/aromatic N) is 1. The Balaban J connectivity index is 2.63. The number of hydrogen-bond donors (Lipinski definition) is 4. The van der Waals surface area contributed by atoms with Crippen LogP contribution in [-0.4, -0.2) is 51.5 Å². The quantitative estimate of drug-likeness (QED) is 0.273. The molecular weight excluding hydrogens is 536 g/mol. The van der Waals surface area contributed by atoms with Gasteiger partial charge in [0.15, 0.2) is 0 Å². The highest BCUT2D eigenvalue weighted by atomic mass is 16.6. The Morgan fingerprint density at radius 2 is 1.62 bits per heavy atom. The van der Waals surface area contributed by atoms with Crippen molar-refractivity contribution in [2.75, 3.05) is 0 Å². The van der Waals surface area contributed by atoms with Gasteiger partial charge in [-0.25, -0.2) is 4.79 Å². The summed E-state index contributed by atoms with van der Waals surface area (Å²) in [4.78, 5) is 54.5. The standard InChI is InChI=1S/C32H46N4O6/c1-20(2)16-17-22(4)36(30(40)25(18-26(33)37)35-31(41)42-32(5,6)7)27(24-15-11-12-21(3)28(24)38)29(39)34-19-23-13-9-8-10-14-23/h8-15,20,22,25,27,38H,16-19H2,1-7H3,(H2,33,37)(H,34,39)(H,35,41). The summed E-state index contributed by atoms with van der Waals surface area (Å²) >= 11 is 0. The molecule has 10 nitrogen and oxygen atoms in total. The van der Waals surface area contributed by atoms with E-state index in [1.54, 1.807) is 52.8 Å². The summed E-state index contributed by atoms with van der Waals surface area (Å²) in [7, 11) is 0. The van der Waals surface area contributed by atoms with Crippen LogP contribution in [0, 0.1) is 12.8 Å². The maximum Gasteiger partial charge on any atom is 0.408 e. The summed E-state index contributed by atoms with van der Waals surface area (Å²) in [6.45, 7) is 12.8. The zero-order valence-electron chi connectivity index (χ0n) is 25.8. The molecule has 0 saturated carbocycles. The molecule has 2 aromatic rings. The molecule has 42 heavy (non-hydrogen) atoms. The first kappa shape index (κ1) is 34.1. The average Bonchev–Trinajstić information content (AvgIpc) is 2.89. The van der Waals surface area contributed by atoms with Gasteiger partial charge in [0.1, 0.15) is 23.4 Å². The lowest BCUT2D eigenvalue weighted by Crippen LogP contribution is -2.56. The second kappa shape index (κ2) is 15.2. The van der Waals surface area contributed by atoms with Gasteiger partial charge in [-0.05, 0) is 64.5 Å². The normalized spacial score (nSPS) is 13.5. The van der Waals surface area contributed by atoms with Crippen molar-refractivity contribution in [1.29, 1.82) is 0 Å². The van der Waals surface area contributed by atoms with Gasteiger partial charge in [0.05, 0.1) is 6.42 Å². The molecule has 4 amide bonds. The molecular formula is C32H46N4O6. The van der Waals surface area contributed by atoms with Crippen molar-refractivity contribution in [3.05, 3.63) is 65.2 Å². The topological polar surface area (TPSA) is 151 Å². The third-order valence-electron chi connectivity index (χ3n) is 6.69. The number of phenols is 1. The summed E-state index contributed by atoms with van der Waals surface area (Å²) in [6.07, 6.45) is -0.152. The number of carbonyl (C=O) groups is 4. The van der Waals surface area contributed by atoms with Crippen LogP contribution < -0.4 is 16.4 Å². The van der Waals surface area contributed by atoms with E-state index >= 15 is 0 Å². The number of carbonyl (C=O) groups excluding carboxylic acids is 4. The Bertz CT molecular complexity index is 1230. The number of amides is 4. The number of rotatable bonds is 13. The van der Waals surface area contributed by atoms with Gasteiger partial charge >= 0.3 is 6.09 Å². The smallest absolute Gasteiger partial charge is 0.408 e. The van der Waals surface area contributed by atoms with Crippen molar-refractivity contribution < 1.29 is 29.0 Å². The summed E-state index contributed by atoms with van der Waals surface area (Å²) < 4.78 is 5.34. The molecule has 0 aromatic heterocycles. The lowest BCUT2D eigenvalue weighted by atomic mass is 9.95. The van der Waals surface area contributed by atoms with E-state index < -0.39 is 54.0 Å². The van der Waals surface area contributed by atoms with Crippen molar-refractivity contribution in [1.82, 2.24) is 15.5 Å². The predicted molar refractivity (Wildman–Crippen MR) is 161 cm³/mol. The first-order valence-corrected chi connectivity index (χ1v) is 14.3. The summed E-state index contributed by atoms with van der Waals surface area (Å²) in [6, 6.07) is 11.1. The van der Waals surface area contributed by atoms with Crippen LogP contribution in [0.5, 0.6) is 5.75 Å². The summed E-state index contributed by atoms with van der Waals surface area (Å²) in [5.74, 6) is -1.86. The molecule has 3 unspecified atom stereocenters. The Morgan fingerprint density at radius 1 is 0.976 bits per heavy atom. The predicted octanol–water partition coefficient (Wildman–Crippen LogP) is 4.48. The molecule has 3 atom stereocenters. The first-order valence-electron chi connectivity index (χ1n) is 14.3. The molecule has 0 fully saturated rings. The van der Waals surface area contributed by atoms with Gasteiger partial charge in [-0.1, -0.05) is 62.4 Å². The molecule has 10 heteroatoms. The number of benzene rings is 2. The Morgan fingerprint density at radius 3 is 2.19 bits per heavy atom. The number of para-hydroxylation sites is 1. The van der Waals surface area contributed by atoms with Crippen LogP contribution in [0.1, 0.15) is 83.5 Å². The minimum atomic E-state index is -1.41. The van der Waals surface area contributed by atoms with Gasteiger partial charge in [-0.2, -0.15) is 0 Å². The van der Waals surface area contributed by atoms with E-state index in [9.17, 15) is 24.3 Å². The number of hydrogen-bond acceptors (Lipinski definition) is 6. The van der Waals surface area contributed by atoms with Gasteiger partial charge < -0.3 is 31.1 Å². The minimum absolute atomic E-state index is 0.127. The van der Waals surface area contributed by atoms with E-state index in [1.165, 1.54) is 4.90 Å². The highest BCUT2D eigenvalue weighted by Crippen LogP contribution is 2.34. The van der Waals surface area contributed by atoms with E-state index in [-0.39, 0.29) is 17.9 Å². The van der Waals surface area contributed by atoms with Crippen molar-refractivity contribution >= 4 is 23.8 Å². The molecule has 0 bridgehead atoms. The van der Waals surface area contributed by atoms with Gasteiger partial charge in [-0.3, -0.25) is 14.4 Å². The van der Waals surface area contributed by atoms with Crippen molar-refractivity contribution in [2.45, 2.75) is 98.0 Å². The van der Waals surface area contributed by atoms with Crippen molar-refractivity contribution in [3.63, 3.8) is 0 Å². The second-order valence-electron chi connectivity index (χ2n) is 12.1. The van der Waals surface area contributed by atoms with Crippen LogP contribution in [0.4, 0.5) is 4.79 Å². The third-order valence-corrected chi connectivity index (χ3v) is 6.69. The minimum Gasteiger partial charge on any atom is -0.507 e. The molecule has 0 heterocycles. The number of phenolic OH excluding ortho intramolecular Hbond substituents is 1. The lowest BCUT2D eigenvalue weighted by Gasteiger charge is -2.39. The van der Waals surface area contributed by atoms with Crippen molar-refractivity contribution in [3.8, 4) is 5.75 Å². The molecule has 2 aromatic carbocycles. The molecule has 0 aliphatic heterocycles. The average molecular weight is 583 g/mol. The van der Waals surface area contributed by atoms with Crippen LogP contribution in [0.3, 0.4) is 0 Å². The molecule has 5 N–H and O–H groups in total. The largest absolute Gasteiger partial charge is 0.507 e. The van der Waals surface area contributed by atoms with Gasteiger partial charge in [0.25, 0.3) is 0 Å². The van der Waals surface area contributed by atoms with E-state index in [0.29, 0.717) is 17.9 Å². The third kappa shape index (κ3) is 10.4. The van der Waals surface area contributed by atoms with Gasteiger partial charge in [0, 0.05) is 18.2 Å². The Labute approximate surface area is 249 Å². The fourth-order valence-electron chi connectivity index (χ4n) is 4.54. The fourth-order valence-corrected chi connectivity index (χ4v) is 4.54. The number of aromatic hydroxyl groups is 1. The summed E-state index contributed by atoms with van der Waals surface area (Å²) in [5, 5.41) is 16.5. The maximum absolute atomic E-state index is 14.3. The zero-order valence-corrected chi connectivity index (χ0v) is 25.8. The number of primary amides is 1. The highest BCUT2D eigenvalue weighted by Gasteiger charge is 2.40. The number of nitrogens with one attached hydrogen (secondary N) is 2. The molecule has 0 radical (unpaired) electrons. The number of aryl methyl sites for hydroxylation is 1. The van der Waals surface area contributed by atoms with Gasteiger partial charge in [-0.15, -0.1) is 0 Å². The van der Waals surface area contributed by atoms with Crippen LogP contribution in [0.15, 0.2) is 48.5 Å². The van der Waals surface area contributed by atoms with Crippen LogP contribution in [0.25, 0.3) is 0 Å². The zero-order chi connectivity index (χ0) is 31.6. The van der Waals surface area contributed by atoms with E-state index in [1.807, 2.05) is 30.3 Å². The monoisotopic (exact) mass is 582 g/mol. The molecule has 0 saturated heterocycles. The van der Waals surface area contributed by atoms with Crippen molar-refractivity contribution in [2.24, 2.45) is 11.7 Å². The Hall–Kier alpha value is -4.08. The number of ether oxygens (including phenoxy) is 1. The maximum atomic E-state index is 14.3. The SMILES string of the molecule is Cc1cccc(C(C(=O)NCc2ccccc2)N(C(=O)C(CC(N)=O)NC(=O)OC(C)(C)C)C(C)CCC(C)C)c1O. The van der Waals surface area contributed by atoms with Gasteiger partial charge in [0.2, 0.25) is 17.7 Å². The first-order chi connectivity index (χ1) is 19.6. The molecule has 0 aliphatic carbocycles. The molecule has 0 aliphatic rings. The number of nitrogens with two attached hydrogens (primary N) is 1.